The zero-order valence-corrected chi connectivity index (χ0v) is 28.7. The maximum atomic E-state index is 2.80. The average Bonchev–Trinajstić information content (AvgIpc) is 3.62. The normalized spacial score (nSPS) is 20.9. The van der Waals surface area contributed by atoms with Crippen LogP contribution in [0.2, 0.25) is 0 Å². The summed E-state index contributed by atoms with van der Waals surface area (Å²) < 4.78 is 0. The molecule has 1 fully saturated rings. The van der Waals surface area contributed by atoms with Crippen LogP contribution >= 0.6 is 0 Å². The van der Waals surface area contributed by atoms with Crippen LogP contribution in [0.15, 0.2) is 77.9 Å². The molecule has 0 aromatic heterocycles. The standard InChI is InChI=1S/C45H52/c1-7-30(8-2)34-24-35(31(9-3)10-4)27-45(26-34)38-19-18-32-14-13-15-37-40(32)41(38)42-39(45)25-33-17-16-29(22-28(5)6)23-36(33)43(42)44(37)20-11-12-21-44/h13-19,23-26,28,30-31H,7-12,20-22,27H2,1-6H3. The molecule has 0 amide bonds. The number of fused-ring (bicyclic) bond motifs is 6. The molecule has 45 heavy (non-hydrogen) atoms. The van der Waals surface area contributed by atoms with Gasteiger partial charge in [0.2, 0.25) is 0 Å². The maximum Gasteiger partial charge on any atom is 0.0437 e. The molecule has 0 heterocycles. The van der Waals surface area contributed by atoms with Gasteiger partial charge in [0.25, 0.3) is 0 Å². The first-order valence-electron chi connectivity index (χ1n) is 18.5. The van der Waals surface area contributed by atoms with Crippen molar-refractivity contribution < 1.29 is 0 Å². The van der Waals surface area contributed by atoms with Crippen LogP contribution in [0, 0.1) is 17.8 Å². The maximum absolute atomic E-state index is 2.80. The highest BCUT2D eigenvalue weighted by Crippen LogP contribution is 2.66. The van der Waals surface area contributed by atoms with Gasteiger partial charge < -0.3 is 0 Å². The third-order valence-electron chi connectivity index (χ3n) is 12.8. The van der Waals surface area contributed by atoms with E-state index >= 15 is 0 Å². The summed E-state index contributed by atoms with van der Waals surface area (Å²) in [4.78, 5) is 0. The van der Waals surface area contributed by atoms with Crippen molar-refractivity contribution in [2.24, 2.45) is 17.8 Å². The molecule has 1 unspecified atom stereocenters. The Labute approximate surface area is 272 Å². The highest BCUT2D eigenvalue weighted by Gasteiger charge is 2.53. The Bertz CT molecular complexity index is 1880. The summed E-state index contributed by atoms with van der Waals surface area (Å²) >= 11 is 0. The first-order chi connectivity index (χ1) is 21.9. The minimum Gasteiger partial charge on any atom is -0.0657 e. The van der Waals surface area contributed by atoms with Gasteiger partial charge in [-0.25, -0.2) is 0 Å². The van der Waals surface area contributed by atoms with Crippen LogP contribution in [0.3, 0.4) is 0 Å². The molecule has 232 valence electrons. The van der Waals surface area contributed by atoms with E-state index in [4.69, 9.17) is 0 Å². The van der Waals surface area contributed by atoms with Gasteiger partial charge in [-0.15, -0.1) is 0 Å². The molecule has 0 bridgehead atoms. The molecular weight excluding hydrogens is 540 g/mol. The lowest BCUT2D eigenvalue weighted by Gasteiger charge is -2.39. The lowest BCUT2D eigenvalue weighted by Crippen LogP contribution is -2.30. The van der Waals surface area contributed by atoms with Crippen molar-refractivity contribution in [2.75, 3.05) is 0 Å². The number of allylic oxidation sites excluding steroid dienone is 4. The molecule has 4 aliphatic carbocycles. The van der Waals surface area contributed by atoms with Gasteiger partial charge in [0, 0.05) is 10.8 Å². The molecule has 1 saturated carbocycles. The van der Waals surface area contributed by atoms with Gasteiger partial charge in [0.1, 0.15) is 0 Å². The molecule has 4 aromatic rings. The van der Waals surface area contributed by atoms with E-state index in [1.165, 1.54) is 67.7 Å². The van der Waals surface area contributed by atoms with E-state index in [0.717, 1.165) is 12.8 Å². The monoisotopic (exact) mass is 592 g/mol. The fraction of sp³-hybridized carbons (Fsp3) is 0.467. The van der Waals surface area contributed by atoms with E-state index in [-0.39, 0.29) is 10.8 Å². The quantitative estimate of drug-likeness (QED) is 0.191. The largest absolute Gasteiger partial charge is 0.0657 e. The second kappa shape index (κ2) is 10.7. The van der Waals surface area contributed by atoms with Crippen LogP contribution in [0.1, 0.15) is 127 Å². The molecule has 1 atom stereocenters. The van der Waals surface area contributed by atoms with Gasteiger partial charge in [-0.3, -0.25) is 0 Å². The molecule has 0 nitrogen and oxygen atoms in total. The highest BCUT2D eigenvalue weighted by atomic mass is 14.5. The molecule has 0 saturated heterocycles. The van der Waals surface area contributed by atoms with Crippen molar-refractivity contribution in [1.29, 1.82) is 0 Å². The predicted octanol–water partition coefficient (Wildman–Crippen LogP) is 12.8. The smallest absolute Gasteiger partial charge is 0.0437 e. The van der Waals surface area contributed by atoms with Gasteiger partial charge in [0.05, 0.1) is 0 Å². The Morgan fingerprint density at radius 2 is 1.44 bits per heavy atom. The molecule has 0 N–H and O–H groups in total. The van der Waals surface area contributed by atoms with Crippen LogP contribution in [-0.2, 0) is 17.3 Å². The van der Waals surface area contributed by atoms with Gasteiger partial charge in [-0.05, 0) is 141 Å². The second-order valence-corrected chi connectivity index (χ2v) is 15.5. The molecule has 2 spiro atoms. The van der Waals surface area contributed by atoms with Gasteiger partial charge in [-0.2, -0.15) is 0 Å². The first kappa shape index (κ1) is 29.3. The Morgan fingerprint density at radius 1 is 0.711 bits per heavy atom. The van der Waals surface area contributed by atoms with Crippen molar-refractivity contribution in [3.05, 3.63) is 106 Å². The van der Waals surface area contributed by atoms with E-state index in [9.17, 15) is 0 Å². The third kappa shape index (κ3) is 4.03. The SMILES string of the molecule is CCC(CC)C1=CC2(CC(C(CC)CC)=C1)c1cc3ccc(CC(C)C)cc3c3c1-c1c2ccc2cccc(c12)C31CCCC1. The van der Waals surface area contributed by atoms with Crippen molar-refractivity contribution in [1.82, 2.24) is 0 Å². The van der Waals surface area contributed by atoms with Gasteiger partial charge in [0.15, 0.2) is 0 Å². The van der Waals surface area contributed by atoms with E-state index in [1.54, 1.807) is 55.3 Å². The van der Waals surface area contributed by atoms with E-state index in [0.29, 0.717) is 17.8 Å². The van der Waals surface area contributed by atoms with Crippen molar-refractivity contribution in [3.8, 4) is 11.1 Å². The number of rotatable bonds is 8. The molecule has 0 aliphatic heterocycles. The summed E-state index contributed by atoms with van der Waals surface area (Å²) in [5.41, 5.74) is 14.6. The first-order valence-corrected chi connectivity index (χ1v) is 18.5. The number of benzene rings is 4. The summed E-state index contributed by atoms with van der Waals surface area (Å²) in [7, 11) is 0. The second-order valence-electron chi connectivity index (χ2n) is 15.5. The third-order valence-corrected chi connectivity index (χ3v) is 12.8. The van der Waals surface area contributed by atoms with Crippen LogP contribution in [0.5, 0.6) is 0 Å². The van der Waals surface area contributed by atoms with E-state index in [2.05, 4.69) is 108 Å². The van der Waals surface area contributed by atoms with Crippen LogP contribution in [-0.4, -0.2) is 0 Å². The molecular formula is C45H52. The topological polar surface area (TPSA) is 0 Å². The molecule has 0 radical (unpaired) electrons. The predicted molar refractivity (Wildman–Crippen MR) is 194 cm³/mol. The Kier molecular flexibility index (Phi) is 6.98. The van der Waals surface area contributed by atoms with Crippen molar-refractivity contribution in [2.45, 2.75) is 117 Å². The summed E-state index contributed by atoms with van der Waals surface area (Å²) in [5.74, 6) is 1.91. The molecule has 0 heteroatoms. The minimum absolute atomic E-state index is 0.0970. The Hall–Kier alpha value is -3.12. The molecule has 4 aliphatic rings. The van der Waals surface area contributed by atoms with Crippen molar-refractivity contribution >= 4 is 21.5 Å². The Balaban J connectivity index is 1.53. The average molecular weight is 593 g/mol. The number of hydrogen-bond acceptors (Lipinski definition) is 0. The fourth-order valence-corrected chi connectivity index (χ4v) is 10.7. The fourth-order valence-electron chi connectivity index (χ4n) is 10.7. The lowest BCUT2D eigenvalue weighted by molar-refractivity contribution is 0.490. The summed E-state index contributed by atoms with van der Waals surface area (Å²) in [6.07, 6.45) is 17.8. The molecule has 4 aromatic carbocycles. The van der Waals surface area contributed by atoms with Crippen molar-refractivity contribution in [3.63, 3.8) is 0 Å². The Morgan fingerprint density at radius 3 is 2.16 bits per heavy atom. The summed E-state index contributed by atoms with van der Waals surface area (Å²) in [6.45, 7) is 14.3. The minimum atomic E-state index is -0.0970. The lowest BCUT2D eigenvalue weighted by atomic mass is 9.63. The van der Waals surface area contributed by atoms with Gasteiger partial charge in [-0.1, -0.05) is 121 Å². The summed E-state index contributed by atoms with van der Waals surface area (Å²) in [5, 5.41) is 6.02. The number of hydrogen-bond donors (Lipinski definition) is 0. The highest BCUT2D eigenvalue weighted by molar-refractivity contribution is 6.12. The van der Waals surface area contributed by atoms with Crippen LogP contribution in [0.4, 0.5) is 0 Å². The van der Waals surface area contributed by atoms with Crippen LogP contribution < -0.4 is 0 Å². The summed E-state index contributed by atoms with van der Waals surface area (Å²) in [6, 6.07) is 22.5. The molecule has 8 rings (SSSR count). The van der Waals surface area contributed by atoms with E-state index < -0.39 is 0 Å². The van der Waals surface area contributed by atoms with Crippen LogP contribution in [0.25, 0.3) is 32.7 Å². The van der Waals surface area contributed by atoms with E-state index in [1.807, 2.05) is 0 Å². The van der Waals surface area contributed by atoms with Gasteiger partial charge >= 0.3 is 0 Å². The zero-order chi connectivity index (χ0) is 31.1. The zero-order valence-electron chi connectivity index (χ0n) is 28.7.